The SMILES string of the molecule is CCC1=C[C@@H]2CN(CCc3c([nH]c4ccc(C)cc34)[C@@](C)(c3cc4c(cc3C)N(C)C3[C@]45CCN4CC=C[C@@](CC)([C@@H](OC(C)=O)[C@]3(O)C(=O)OC)[C@H]45)C2)C1. The number of carbonyl (C=O) groups excluding carboxylic acids is 2. The van der Waals surface area contributed by atoms with Crippen LogP contribution in [0.3, 0.4) is 0 Å². The number of aromatic amines is 1. The first kappa shape index (κ1) is 36.7. The van der Waals surface area contributed by atoms with Crippen molar-refractivity contribution < 1.29 is 24.2 Å². The molecule has 1 saturated heterocycles. The van der Waals surface area contributed by atoms with Crippen LogP contribution in [0.4, 0.5) is 5.69 Å². The third kappa shape index (κ3) is 4.81. The number of aryl methyl sites for hydroxylation is 2. The number of benzene rings is 2. The van der Waals surface area contributed by atoms with Crippen LogP contribution in [0, 0.1) is 25.2 Å². The molecule has 1 aliphatic carbocycles. The summed E-state index contributed by atoms with van der Waals surface area (Å²) in [7, 11) is 3.33. The Bertz CT molecular complexity index is 2170. The van der Waals surface area contributed by atoms with Gasteiger partial charge in [0.15, 0.2) is 6.10 Å². The fraction of sp³-hybridized carbons (Fsp3) is 0.565. The number of anilines is 1. The van der Waals surface area contributed by atoms with E-state index in [1.54, 1.807) is 0 Å². The fourth-order valence-electron chi connectivity index (χ4n) is 13.2. The Hall–Kier alpha value is -3.92. The molecule has 55 heavy (non-hydrogen) atoms. The van der Waals surface area contributed by atoms with Crippen molar-refractivity contribution in [2.24, 2.45) is 11.3 Å². The van der Waals surface area contributed by atoms with Crippen molar-refractivity contribution in [2.75, 3.05) is 51.8 Å². The predicted octanol–water partition coefficient (Wildman–Crippen LogP) is 6.25. The summed E-state index contributed by atoms with van der Waals surface area (Å²) in [6, 6.07) is 10.8. The molecule has 2 aromatic carbocycles. The molecule has 0 amide bonds. The van der Waals surface area contributed by atoms with E-state index in [0.29, 0.717) is 12.3 Å². The van der Waals surface area contributed by atoms with Gasteiger partial charge in [-0.25, -0.2) is 4.79 Å². The van der Waals surface area contributed by atoms with Crippen LogP contribution in [0.15, 0.2) is 54.1 Å². The van der Waals surface area contributed by atoms with Gasteiger partial charge in [0.2, 0.25) is 5.60 Å². The van der Waals surface area contributed by atoms with Gasteiger partial charge < -0.3 is 24.5 Å². The summed E-state index contributed by atoms with van der Waals surface area (Å²) >= 11 is 0. The minimum atomic E-state index is -2.14. The molecule has 9 heteroatoms. The maximum Gasteiger partial charge on any atom is 0.344 e. The number of nitrogens with one attached hydrogen (secondary N) is 1. The van der Waals surface area contributed by atoms with Crippen LogP contribution < -0.4 is 4.90 Å². The Balaban J connectivity index is 1.31. The number of hydrogen-bond donors (Lipinski definition) is 2. The topological polar surface area (TPSA) is 98.3 Å². The van der Waals surface area contributed by atoms with Crippen molar-refractivity contribution in [2.45, 2.75) is 108 Å². The number of aliphatic hydroxyl groups is 1. The standard InChI is InChI=1S/C46H58N4O5/c1-9-30-22-31-24-43(6,38-32(14-18-49(25-30)26-31)33-20-27(3)12-13-36(33)47-38)34-23-35-37(21-28(34)4)48(7)40-45(35)16-19-50-17-11-15-44(10-2,39(45)50)41(55-29(5)51)46(40,53)42(52)54-8/h11-13,15,20-23,31,39-41,47,53H,9-10,14,16-19,24-26H2,1-8H3/t31-,39-,40?,41+,43+,44+,45+,46-/m0/s1. The summed E-state index contributed by atoms with van der Waals surface area (Å²) < 4.78 is 11.7. The van der Waals surface area contributed by atoms with E-state index in [9.17, 15) is 14.7 Å². The molecule has 2 unspecified atom stereocenters. The van der Waals surface area contributed by atoms with E-state index in [1.165, 1.54) is 64.0 Å². The van der Waals surface area contributed by atoms with E-state index < -0.39 is 40.5 Å². The first-order chi connectivity index (χ1) is 26.3. The Labute approximate surface area is 325 Å². The molecule has 1 aromatic heterocycles. The normalized spacial score (nSPS) is 36.2. The Morgan fingerprint density at radius 2 is 1.87 bits per heavy atom. The van der Waals surface area contributed by atoms with Gasteiger partial charge in [0, 0.05) is 84.7 Å². The smallest absolute Gasteiger partial charge is 0.344 e. The molecule has 3 aromatic rings. The number of esters is 2. The van der Waals surface area contributed by atoms with E-state index in [-0.39, 0.29) is 11.5 Å². The third-order valence-corrected chi connectivity index (χ3v) is 15.2. The molecule has 9 atom stereocenters. The highest BCUT2D eigenvalue weighted by atomic mass is 16.6. The molecular formula is C46H58N4O5. The number of nitrogens with zero attached hydrogens (tertiary/aromatic N) is 3. The van der Waals surface area contributed by atoms with Gasteiger partial charge in [0.25, 0.3) is 0 Å². The molecule has 2 fully saturated rings. The molecular weight excluding hydrogens is 689 g/mol. The number of methoxy groups -OCH3 is 1. The quantitative estimate of drug-likeness (QED) is 0.234. The van der Waals surface area contributed by atoms with E-state index in [4.69, 9.17) is 9.47 Å². The minimum absolute atomic E-state index is 0.115. The maximum atomic E-state index is 14.3. The molecule has 1 spiro atoms. The number of aromatic nitrogens is 1. The van der Waals surface area contributed by atoms with Crippen LogP contribution in [0.5, 0.6) is 0 Å². The number of fused-ring (bicyclic) bond motifs is 6. The van der Waals surface area contributed by atoms with Gasteiger partial charge in [0.1, 0.15) is 0 Å². The minimum Gasteiger partial charge on any atom is -0.467 e. The molecule has 292 valence electrons. The lowest BCUT2D eigenvalue weighted by molar-refractivity contribution is -0.228. The van der Waals surface area contributed by atoms with Crippen LogP contribution in [-0.2, 0) is 36.3 Å². The Morgan fingerprint density at radius 1 is 1.07 bits per heavy atom. The van der Waals surface area contributed by atoms with Gasteiger partial charge in [-0.1, -0.05) is 55.3 Å². The number of carbonyl (C=O) groups is 2. The number of likely N-dealkylation sites (N-methyl/N-ethyl adjacent to an activating group) is 1. The molecule has 2 bridgehead atoms. The summed E-state index contributed by atoms with van der Waals surface area (Å²) in [6.45, 7) is 17.3. The second-order valence-corrected chi connectivity index (χ2v) is 18.0. The first-order valence-corrected chi connectivity index (χ1v) is 20.6. The monoisotopic (exact) mass is 746 g/mol. The predicted molar refractivity (Wildman–Crippen MR) is 216 cm³/mol. The fourth-order valence-corrected chi connectivity index (χ4v) is 13.2. The van der Waals surface area contributed by atoms with Gasteiger partial charge in [0.05, 0.1) is 13.2 Å². The van der Waals surface area contributed by atoms with Gasteiger partial charge in [-0.2, -0.15) is 0 Å². The van der Waals surface area contributed by atoms with Crippen LogP contribution >= 0.6 is 0 Å². The molecule has 6 heterocycles. The second kappa shape index (κ2) is 12.5. The number of hydrogen-bond acceptors (Lipinski definition) is 8. The van der Waals surface area contributed by atoms with Crippen molar-refractivity contribution in [1.82, 2.24) is 14.8 Å². The molecule has 9 nitrogen and oxygen atoms in total. The first-order valence-electron chi connectivity index (χ1n) is 20.6. The van der Waals surface area contributed by atoms with E-state index in [1.807, 2.05) is 7.05 Å². The summed E-state index contributed by atoms with van der Waals surface area (Å²) in [5, 5.41) is 14.6. The zero-order chi connectivity index (χ0) is 38.8. The average Bonchev–Trinajstić information content (AvgIpc) is 3.82. The highest BCUT2D eigenvalue weighted by molar-refractivity contribution is 5.88. The van der Waals surface area contributed by atoms with E-state index in [2.05, 4.69) is 103 Å². The van der Waals surface area contributed by atoms with E-state index >= 15 is 0 Å². The van der Waals surface area contributed by atoms with Gasteiger partial charge in [-0.15, -0.1) is 0 Å². The zero-order valence-electron chi connectivity index (χ0n) is 33.9. The van der Waals surface area contributed by atoms with Crippen LogP contribution in [0.25, 0.3) is 10.9 Å². The average molecular weight is 747 g/mol. The molecule has 6 aliphatic rings. The molecule has 0 radical (unpaired) electrons. The second-order valence-electron chi connectivity index (χ2n) is 18.0. The van der Waals surface area contributed by atoms with Gasteiger partial charge >= 0.3 is 11.9 Å². The van der Waals surface area contributed by atoms with Crippen LogP contribution in [0.1, 0.15) is 86.9 Å². The Morgan fingerprint density at radius 3 is 2.60 bits per heavy atom. The van der Waals surface area contributed by atoms with Crippen LogP contribution in [0.2, 0.25) is 0 Å². The summed E-state index contributed by atoms with van der Waals surface area (Å²) in [4.78, 5) is 38.6. The summed E-state index contributed by atoms with van der Waals surface area (Å²) in [5.74, 6) is -0.896. The molecule has 1 saturated carbocycles. The van der Waals surface area contributed by atoms with Crippen molar-refractivity contribution in [3.63, 3.8) is 0 Å². The van der Waals surface area contributed by atoms with Gasteiger partial charge in [-0.3, -0.25) is 14.6 Å². The summed E-state index contributed by atoms with van der Waals surface area (Å²) in [6.07, 6.45) is 10.1. The number of rotatable bonds is 5. The van der Waals surface area contributed by atoms with Crippen LogP contribution in [-0.4, -0.2) is 102 Å². The number of H-pyrrole nitrogens is 1. The molecule has 9 rings (SSSR count). The largest absolute Gasteiger partial charge is 0.467 e. The number of ether oxygens (including phenoxy) is 2. The Kier molecular flexibility index (Phi) is 8.37. The van der Waals surface area contributed by atoms with Crippen molar-refractivity contribution in [3.05, 3.63) is 87.6 Å². The molecule has 2 N–H and O–H groups in total. The third-order valence-electron chi connectivity index (χ3n) is 15.2. The highest BCUT2D eigenvalue weighted by Crippen LogP contribution is 2.68. The lowest BCUT2D eigenvalue weighted by Crippen LogP contribution is -2.81. The zero-order valence-corrected chi connectivity index (χ0v) is 33.9. The van der Waals surface area contributed by atoms with Gasteiger partial charge in [-0.05, 0) is 106 Å². The van der Waals surface area contributed by atoms with Crippen molar-refractivity contribution in [1.29, 1.82) is 0 Å². The molecule has 5 aliphatic heterocycles. The lowest BCUT2D eigenvalue weighted by atomic mass is 9.47. The highest BCUT2D eigenvalue weighted by Gasteiger charge is 2.80. The maximum absolute atomic E-state index is 14.3. The lowest BCUT2D eigenvalue weighted by Gasteiger charge is -2.63. The summed E-state index contributed by atoms with van der Waals surface area (Å²) in [5.41, 5.74) is 7.38. The van der Waals surface area contributed by atoms with E-state index in [0.717, 1.165) is 64.1 Å². The van der Waals surface area contributed by atoms with Crippen molar-refractivity contribution >= 4 is 28.5 Å². The van der Waals surface area contributed by atoms with Crippen molar-refractivity contribution in [3.8, 4) is 0 Å².